The van der Waals surface area contributed by atoms with Crippen molar-refractivity contribution in [3.8, 4) is 0 Å². The molecule has 0 atom stereocenters. The van der Waals surface area contributed by atoms with Crippen LogP contribution in [0.2, 0.25) is 0 Å². The maximum atomic E-state index is 11.9. The fraction of sp³-hybridized carbons (Fsp3) is 0.625. The minimum atomic E-state index is -3.50. The van der Waals surface area contributed by atoms with Gasteiger partial charge in [-0.15, -0.1) is 11.6 Å². The number of hydrogen-bond donors (Lipinski definition) is 1. The van der Waals surface area contributed by atoms with Crippen LogP contribution in [0.4, 0.5) is 0 Å². The van der Waals surface area contributed by atoms with Gasteiger partial charge < -0.3 is 0 Å². The predicted octanol–water partition coefficient (Wildman–Crippen LogP) is 1.10. The van der Waals surface area contributed by atoms with E-state index in [-0.39, 0.29) is 10.9 Å². The highest BCUT2D eigenvalue weighted by Gasteiger charge is 2.26. The van der Waals surface area contributed by atoms with Gasteiger partial charge in [0.05, 0.1) is 5.88 Å². The summed E-state index contributed by atoms with van der Waals surface area (Å²) in [5.41, 5.74) is 1.23. The van der Waals surface area contributed by atoms with Crippen LogP contribution in [0.5, 0.6) is 0 Å². The van der Waals surface area contributed by atoms with Crippen molar-refractivity contribution < 1.29 is 8.42 Å². The van der Waals surface area contributed by atoms with Gasteiger partial charge in [0.2, 0.25) is 0 Å². The summed E-state index contributed by atoms with van der Waals surface area (Å²) >= 11 is 5.69. The van der Waals surface area contributed by atoms with Crippen LogP contribution in [0.25, 0.3) is 0 Å². The van der Waals surface area contributed by atoms with Crippen molar-refractivity contribution in [2.24, 2.45) is 0 Å². The zero-order chi connectivity index (χ0) is 11.6. The van der Waals surface area contributed by atoms with Crippen LogP contribution in [0.1, 0.15) is 18.2 Å². The largest absolute Gasteiger partial charge is 0.281 e. The molecular formula is C8H14ClN3O2S. The molecule has 0 aliphatic carbocycles. The van der Waals surface area contributed by atoms with Gasteiger partial charge in [0.15, 0.2) is 5.03 Å². The molecule has 1 rings (SSSR count). The van der Waals surface area contributed by atoms with Crippen molar-refractivity contribution in [2.75, 3.05) is 13.6 Å². The van der Waals surface area contributed by atoms with E-state index in [1.54, 1.807) is 13.8 Å². The molecule has 0 aliphatic rings. The summed E-state index contributed by atoms with van der Waals surface area (Å²) < 4.78 is 25.1. The molecule has 0 bridgehead atoms. The van der Waals surface area contributed by atoms with Gasteiger partial charge in [0, 0.05) is 24.8 Å². The maximum Gasteiger partial charge on any atom is 0.262 e. The number of H-pyrrole nitrogens is 1. The lowest BCUT2D eigenvalue weighted by Gasteiger charge is -2.13. The van der Waals surface area contributed by atoms with Crippen molar-refractivity contribution >= 4 is 21.6 Å². The minimum absolute atomic E-state index is 0.0272. The quantitative estimate of drug-likeness (QED) is 0.815. The van der Waals surface area contributed by atoms with Crippen molar-refractivity contribution in [1.29, 1.82) is 0 Å². The summed E-state index contributed by atoms with van der Waals surface area (Å²) in [6.07, 6.45) is 0. The van der Waals surface area contributed by atoms with Crippen LogP contribution >= 0.6 is 11.6 Å². The Morgan fingerprint density at radius 2 is 2.13 bits per heavy atom. The van der Waals surface area contributed by atoms with Gasteiger partial charge in [-0.2, -0.15) is 9.40 Å². The summed E-state index contributed by atoms with van der Waals surface area (Å²) in [6, 6.07) is 0. The summed E-state index contributed by atoms with van der Waals surface area (Å²) in [4.78, 5) is 0. The summed E-state index contributed by atoms with van der Waals surface area (Å²) in [5.74, 6) is 0.133. The molecule has 0 radical (unpaired) electrons. The fourth-order valence-corrected chi connectivity index (χ4v) is 2.86. The first-order chi connectivity index (χ1) is 6.95. The first-order valence-corrected chi connectivity index (χ1v) is 6.48. The van der Waals surface area contributed by atoms with Crippen LogP contribution < -0.4 is 0 Å². The second kappa shape index (κ2) is 4.51. The molecule has 1 aromatic heterocycles. The van der Waals surface area contributed by atoms with Crippen molar-refractivity contribution in [2.45, 2.75) is 24.8 Å². The lowest BCUT2D eigenvalue weighted by Crippen LogP contribution is -2.27. The third-order valence-electron chi connectivity index (χ3n) is 2.27. The van der Waals surface area contributed by atoms with E-state index in [0.29, 0.717) is 17.8 Å². The second-order valence-corrected chi connectivity index (χ2v) is 5.41. The first kappa shape index (κ1) is 12.5. The highest BCUT2D eigenvalue weighted by atomic mass is 35.5. The van der Waals surface area contributed by atoms with Crippen LogP contribution in [-0.4, -0.2) is 36.5 Å². The van der Waals surface area contributed by atoms with Crippen molar-refractivity contribution in [3.05, 3.63) is 11.3 Å². The zero-order valence-corrected chi connectivity index (χ0v) is 10.5. The Balaban J connectivity index is 3.27. The number of nitrogens with zero attached hydrogens (tertiary/aromatic N) is 2. The normalized spacial score (nSPS) is 12.3. The molecule has 0 unspecified atom stereocenters. The van der Waals surface area contributed by atoms with Gasteiger partial charge in [0.25, 0.3) is 10.0 Å². The molecular weight excluding hydrogens is 238 g/mol. The highest BCUT2D eigenvalue weighted by molar-refractivity contribution is 7.89. The smallest absolute Gasteiger partial charge is 0.262 e. The monoisotopic (exact) mass is 251 g/mol. The molecule has 0 aromatic carbocycles. The maximum absolute atomic E-state index is 11.9. The molecule has 1 N–H and O–H groups in total. The number of aromatic amines is 1. The number of aromatic nitrogens is 2. The molecule has 0 saturated carbocycles. The molecule has 86 valence electrons. The van der Waals surface area contributed by atoms with E-state index in [0.717, 1.165) is 0 Å². The molecule has 7 heteroatoms. The standard InChI is InChI=1S/C8H14ClN3O2S/c1-4-12(3)15(13,14)8-7(5-9)6(2)10-11-8/h4-5H2,1-3H3,(H,10,11). The Labute approximate surface area is 94.5 Å². The molecule has 0 saturated heterocycles. The average Bonchev–Trinajstić information content (AvgIpc) is 2.58. The third kappa shape index (κ3) is 2.16. The number of halogens is 1. The number of sulfonamides is 1. The molecule has 0 spiro atoms. The lowest BCUT2D eigenvalue weighted by molar-refractivity contribution is 0.482. The van der Waals surface area contributed by atoms with Gasteiger partial charge in [-0.25, -0.2) is 8.42 Å². The molecule has 0 amide bonds. The Bertz CT molecular complexity index is 441. The number of hydrogen-bond acceptors (Lipinski definition) is 3. The van der Waals surface area contributed by atoms with Crippen LogP contribution in [0.3, 0.4) is 0 Å². The SMILES string of the molecule is CCN(C)S(=O)(=O)c1n[nH]c(C)c1CCl. The average molecular weight is 252 g/mol. The second-order valence-electron chi connectivity index (χ2n) is 3.19. The predicted molar refractivity (Wildman–Crippen MR) is 58.4 cm³/mol. The lowest BCUT2D eigenvalue weighted by atomic mass is 10.3. The molecule has 15 heavy (non-hydrogen) atoms. The van der Waals surface area contributed by atoms with Gasteiger partial charge in [-0.05, 0) is 6.92 Å². The summed E-state index contributed by atoms with van der Waals surface area (Å²) in [7, 11) is -1.99. The minimum Gasteiger partial charge on any atom is -0.281 e. The van der Waals surface area contributed by atoms with Crippen molar-refractivity contribution in [1.82, 2.24) is 14.5 Å². The van der Waals surface area contributed by atoms with Gasteiger partial charge in [-0.3, -0.25) is 5.10 Å². The van der Waals surface area contributed by atoms with Gasteiger partial charge >= 0.3 is 0 Å². The Hall–Kier alpha value is -0.590. The molecule has 0 fully saturated rings. The van der Waals surface area contributed by atoms with Gasteiger partial charge in [0.1, 0.15) is 0 Å². The van der Waals surface area contributed by atoms with E-state index in [9.17, 15) is 8.42 Å². The number of rotatable bonds is 4. The molecule has 5 nitrogen and oxygen atoms in total. The number of aryl methyl sites for hydroxylation is 1. The van der Waals surface area contributed by atoms with E-state index < -0.39 is 10.0 Å². The van der Waals surface area contributed by atoms with E-state index in [1.807, 2.05) is 0 Å². The fourth-order valence-electron chi connectivity index (χ4n) is 1.12. The van der Waals surface area contributed by atoms with Gasteiger partial charge in [-0.1, -0.05) is 6.92 Å². The molecule has 1 heterocycles. The number of alkyl halides is 1. The molecule has 0 aliphatic heterocycles. The summed E-state index contributed by atoms with van der Waals surface area (Å²) in [5, 5.41) is 6.45. The van der Waals surface area contributed by atoms with Crippen LogP contribution in [-0.2, 0) is 15.9 Å². The topological polar surface area (TPSA) is 66.1 Å². The molecule has 1 aromatic rings. The van der Waals surface area contributed by atoms with Crippen molar-refractivity contribution in [3.63, 3.8) is 0 Å². The first-order valence-electron chi connectivity index (χ1n) is 4.51. The van der Waals surface area contributed by atoms with Crippen LogP contribution in [0.15, 0.2) is 5.03 Å². The van der Waals surface area contributed by atoms with E-state index in [4.69, 9.17) is 11.6 Å². The Morgan fingerprint density at radius 1 is 1.53 bits per heavy atom. The third-order valence-corrected chi connectivity index (χ3v) is 4.44. The van der Waals surface area contributed by atoms with E-state index in [1.165, 1.54) is 11.4 Å². The Morgan fingerprint density at radius 3 is 2.60 bits per heavy atom. The van der Waals surface area contributed by atoms with Crippen LogP contribution in [0, 0.1) is 6.92 Å². The summed E-state index contributed by atoms with van der Waals surface area (Å²) in [6.45, 7) is 3.91. The highest BCUT2D eigenvalue weighted by Crippen LogP contribution is 2.20. The zero-order valence-electron chi connectivity index (χ0n) is 8.91. The van der Waals surface area contributed by atoms with E-state index >= 15 is 0 Å². The Kier molecular flexibility index (Phi) is 3.75. The number of nitrogens with one attached hydrogen (secondary N) is 1. The van der Waals surface area contributed by atoms with E-state index in [2.05, 4.69) is 10.2 Å².